The van der Waals surface area contributed by atoms with E-state index in [1.54, 1.807) is 0 Å². The summed E-state index contributed by atoms with van der Waals surface area (Å²) >= 11 is 0. The predicted molar refractivity (Wildman–Crippen MR) is 56.9 cm³/mol. The van der Waals surface area contributed by atoms with Gasteiger partial charge >= 0.3 is 12.5 Å². The van der Waals surface area contributed by atoms with Crippen molar-refractivity contribution in [2.75, 3.05) is 6.54 Å². The third-order valence-corrected chi connectivity index (χ3v) is 2.20. The van der Waals surface area contributed by atoms with Crippen LogP contribution in [0.15, 0.2) is 24.3 Å². The highest BCUT2D eigenvalue weighted by molar-refractivity contribution is 5.27. The summed E-state index contributed by atoms with van der Waals surface area (Å²) in [5, 5.41) is 11.0. The van der Waals surface area contributed by atoms with E-state index in [0.717, 1.165) is 12.1 Å². The van der Waals surface area contributed by atoms with E-state index in [9.17, 15) is 26.3 Å². The number of alkyl halides is 6. The van der Waals surface area contributed by atoms with Crippen molar-refractivity contribution in [1.29, 1.82) is 0 Å². The van der Waals surface area contributed by atoms with Gasteiger partial charge in [-0.05, 0) is 17.7 Å². The van der Waals surface area contributed by atoms with Crippen LogP contribution >= 0.6 is 0 Å². The summed E-state index contributed by atoms with van der Waals surface area (Å²) in [5.74, 6) is -0.420. The van der Waals surface area contributed by atoms with Gasteiger partial charge in [-0.25, -0.2) is 0 Å². The van der Waals surface area contributed by atoms with Crippen LogP contribution in [0.2, 0.25) is 0 Å². The molecule has 0 heterocycles. The van der Waals surface area contributed by atoms with Crippen molar-refractivity contribution in [3.05, 3.63) is 29.8 Å². The van der Waals surface area contributed by atoms with Crippen LogP contribution in [-0.4, -0.2) is 30.3 Å². The van der Waals surface area contributed by atoms with Gasteiger partial charge < -0.3 is 15.2 Å². The first kappa shape index (κ1) is 16.6. The van der Waals surface area contributed by atoms with Crippen molar-refractivity contribution in [2.24, 2.45) is 0 Å². The molecule has 0 aliphatic heterocycles. The summed E-state index contributed by atoms with van der Waals surface area (Å²) in [6.07, 6.45) is -12.0. The van der Waals surface area contributed by atoms with Gasteiger partial charge in [0.05, 0.1) is 0 Å². The zero-order valence-electron chi connectivity index (χ0n) is 9.92. The van der Waals surface area contributed by atoms with Gasteiger partial charge in [-0.3, -0.25) is 0 Å². The molecule has 3 nitrogen and oxygen atoms in total. The maximum absolute atomic E-state index is 12.0. The Morgan fingerprint density at radius 2 is 1.60 bits per heavy atom. The molecule has 1 aromatic rings. The molecule has 0 aromatic heterocycles. The van der Waals surface area contributed by atoms with Crippen molar-refractivity contribution in [2.45, 2.75) is 25.2 Å². The lowest BCUT2D eigenvalue weighted by Crippen LogP contribution is -2.38. The van der Waals surface area contributed by atoms with Crippen LogP contribution in [-0.2, 0) is 6.54 Å². The van der Waals surface area contributed by atoms with E-state index >= 15 is 0 Å². The van der Waals surface area contributed by atoms with Gasteiger partial charge in [0.1, 0.15) is 5.75 Å². The van der Waals surface area contributed by atoms with Gasteiger partial charge in [0.15, 0.2) is 6.10 Å². The lowest BCUT2D eigenvalue weighted by atomic mass is 10.2. The number of halogens is 6. The van der Waals surface area contributed by atoms with Crippen LogP contribution in [0.1, 0.15) is 5.56 Å². The minimum Gasteiger partial charge on any atom is -0.406 e. The SMILES string of the molecule is O[C@H](CNCc1ccc(OC(F)(F)F)cc1)C(F)(F)F. The molecule has 0 unspecified atom stereocenters. The number of ether oxygens (including phenoxy) is 1. The smallest absolute Gasteiger partial charge is 0.406 e. The topological polar surface area (TPSA) is 41.5 Å². The molecular weight excluding hydrogens is 292 g/mol. The van der Waals surface area contributed by atoms with E-state index in [4.69, 9.17) is 5.11 Å². The van der Waals surface area contributed by atoms with Crippen molar-refractivity contribution in [3.63, 3.8) is 0 Å². The maximum atomic E-state index is 12.0. The Balaban J connectivity index is 2.43. The zero-order valence-corrected chi connectivity index (χ0v) is 9.92. The summed E-state index contributed by atoms with van der Waals surface area (Å²) < 4.78 is 75.2. The molecule has 9 heteroatoms. The van der Waals surface area contributed by atoms with Crippen LogP contribution in [0, 0.1) is 0 Å². The summed E-state index contributed by atoms with van der Waals surface area (Å²) in [6.45, 7) is -0.732. The molecule has 1 aromatic carbocycles. The quantitative estimate of drug-likeness (QED) is 0.822. The second-order valence-electron chi connectivity index (χ2n) is 3.88. The molecule has 0 bridgehead atoms. The minimum absolute atomic E-state index is 0.0283. The summed E-state index contributed by atoms with van der Waals surface area (Å²) in [4.78, 5) is 0. The fourth-order valence-electron chi connectivity index (χ4n) is 1.28. The van der Waals surface area contributed by atoms with Gasteiger partial charge in [0, 0.05) is 13.1 Å². The fourth-order valence-corrected chi connectivity index (χ4v) is 1.28. The minimum atomic E-state index is -4.80. The number of rotatable bonds is 5. The highest BCUT2D eigenvalue weighted by Gasteiger charge is 2.37. The fraction of sp³-hybridized carbons (Fsp3) is 0.455. The van der Waals surface area contributed by atoms with E-state index < -0.39 is 30.9 Å². The van der Waals surface area contributed by atoms with Crippen LogP contribution in [0.5, 0.6) is 5.75 Å². The van der Waals surface area contributed by atoms with E-state index in [-0.39, 0.29) is 6.54 Å². The Kier molecular flexibility index (Phi) is 5.23. The third kappa shape index (κ3) is 6.11. The number of benzene rings is 1. The summed E-state index contributed by atoms with van der Waals surface area (Å²) in [7, 11) is 0. The molecular formula is C11H11F6NO2. The predicted octanol–water partition coefficient (Wildman–Crippen LogP) is 2.60. The largest absolute Gasteiger partial charge is 0.573 e. The number of aliphatic hydroxyl groups is 1. The van der Waals surface area contributed by atoms with Crippen LogP contribution < -0.4 is 10.1 Å². The van der Waals surface area contributed by atoms with Crippen molar-refractivity contribution in [3.8, 4) is 5.75 Å². The Bertz CT molecular complexity index is 414. The van der Waals surface area contributed by atoms with Crippen LogP contribution in [0.25, 0.3) is 0 Å². The molecule has 0 fully saturated rings. The Hall–Kier alpha value is -1.48. The summed E-state index contributed by atoms with van der Waals surface area (Å²) in [5.41, 5.74) is 0.453. The van der Waals surface area contributed by atoms with Crippen LogP contribution in [0.3, 0.4) is 0 Å². The van der Waals surface area contributed by atoms with Gasteiger partial charge in [0.2, 0.25) is 0 Å². The normalized spacial score (nSPS) is 14.2. The molecule has 0 saturated heterocycles. The van der Waals surface area contributed by atoms with Crippen molar-refractivity contribution in [1.82, 2.24) is 5.32 Å². The number of hydrogen-bond acceptors (Lipinski definition) is 3. The second kappa shape index (κ2) is 6.31. The number of hydrogen-bond donors (Lipinski definition) is 2. The van der Waals surface area contributed by atoms with Gasteiger partial charge in [0.25, 0.3) is 0 Å². The number of aliphatic hydroxyl groups excluding tert-OH is 1. The highest BCUT2D eigenvalue weighted by atomic mass is 19.4. The molecule has 0 amide bonds. The van der Waals surface area contributed by atoms with Gasteiger partial charge in [-0.2, -0.15) is 13.2 Å². The molecule has 114 valence electrons. The molecule has 0 saturated carbocycles. The lowest BCUT2D eigenvalue weighted by molar-refractivity contribution is -0.274. The second-order valence-corrected chi connectivity index (χ2v) is 3.88. The van der Waals surface area contributed by atoms with Gasteiger partial charge in [-0.1, -0.05) is 12.1 Å². The first-order valence-electron chi connectivity index (χ1n) is 5.38. The van der Waals surface area contributed by atoms with Crippen molar-refractivity contribution >= 4 is 0 Å². The lowest BCUT2D eigenvalue weighted by Gasteiger charge is -2.15. The first-order chi connectivity index (χ1) is 9.08. The summed E-state index contributed by atoms with van der Waals surface area (Å²) in [6, 6.07) is 4.64. The molecule has 0 aliphatic rings. The average molecular weight is 303 g/mol. The molecule has 1 rings (SSSR count). The van der Waals surface area contributed by atoms with E-state index in [2.05, 4.69) is 10.1 Å². The number of nitrogens with one attached hydrogen (secondary N) is 1. The van der Waals surface area contributed by atoms with Crippen molar-refractivity contribution < 1.29 is 36.2 Å². The van der Waals surface area contributed by atoms with E-state index in [1.165, 1.54) is 12.1 Å². The molecule has 0 radical (unpaired) electrons. The van der Waals surface area contributed by atoms with E-state index in [0.29, 0.717) is 5.56 Å². The average Bonchev–Trinajstić information content (AvgIpc) is 2.28. The van der Waals surface area contributed by atoms with Gasteiger partial charge in [-0.15, -0.1) is 13.2 Å². The monoisotopic (exact) mass is 303 g/mol. The molecule has 1 atom stereocenters. The third-order valence-electron chi connectivity index (χ3n) is 2.20. The standard InChI is InChI=1S/C11H11F6NO2/c12-10(13,14)9(19)6-18-5-7-1-3-8(4-2-7)20-11(15,16)17/h1-4,9,18-19H,5-6H2/t9-/m1/s1. The molecule has 2 N–H and O–H groups in total. The first-order valence-corrected chi connectivity index (χ1v) is 5.38. The highest BCUT2D eigenvalue weighted by Crippen LogP contribution is 2.23. The molecule has 0 spiro atoms. The Morgan fingerprint density at radius 1 is 1.05 bits per heavy atom. The zero-order chi connectivity index (χ0) is 15.4. The van der Waals surface area contributed by atoms with Crippen LogP contribution in [0.4, 0.5) is 26.3 Å². The molecule has 0 aliphatic carbocycles. The molecule has 20 heavy (non-hydrogen) atoms. The maximum Gasteiger partial charge on any atom is 0.573 e. The van der Waals surface area contributed by atoms with E-state index in [1.807, 2.05) is 0 Å². The Morgan fingerprint density at radius 3 is 2.05 bits per heavy atom. The Labute approximate surface area is 110 Å².